The minimum absolute atomic E-state index is 0.0289. The summed E-state index contributed by atoms with van der Waals surface area (Å²) < 4.78 is 32.8. The Morgan fingerprint density at radius 3 is 1.76 bits per heavy atom. The number of nitrogens with zero attached hydrogens (tertiary/aromatic N) is 1. The number of carbonyl (C=O) groups excluding carboxylic acids is 2. The average molecular weight is 1330 g/mol. The first-order valence-corrected chi connectivity index (χ1v) is 34.8. The van der Waals surface area contributed by atoms with Crippen molar-refractivity contribution in [3.05, 3.63) is 119 Å². The van der Waals surface area contributed by atoms with Gasteiger partial charge >= 0.3 is 50.5 Å². The third-order valence-corrected chi connectivity index (χ3v) is 12.6. The van der Waals surface area contributed by atoms with Crippen molar-refractivity contribution < 1.29 is 51.3 Å². The molecule has 1 amide bonds. The van der Waals surface area contributed by atoms with Crippen molar-refractivity contribution in [2.24, 2.45) is 5.73 Å². The summed E-state index contributed by atoms with van der Waals surface area (Å²) in [5.74, 6) is 2.43. The molecule has 66 heavy (non-hydrogen) atoms. The van der Waals surface area contributed by atoms with Crippen molar-refractivity contribution in [1.29, 1.82) is 0 Å². The fourth-order valence-corrected chi connectivity index (χ4v) is 8.79. The monoisotopic (exact) mass is 1330 g/mol. The number of nitrogens with two attached hydrogens (primary N) is 1. The maximum absolute atomic E-state index is 13.0. The van der Waals surface area contributed by atoms with Gasteiger partial charge in [-0.3, -0.25) is 14.9 Å². The van der Waals surface area contributed by atoms with E-state index < -0.39 is 17.3 Å². The molecule has 13 nitrogen and oxygen atoms in total. The van der Waals surface area contributed by atoms with Crippen LogP contribution in [0.4, 0.5) is 0 Å². The van der Waals surface area contributed by atoms with Gasteiger partial charge in [-0.2, -0.15) is 0 Å². The Morgan fingerprint density at radius 1 is 0.742 bits per heavy atom. The molecule has 21 heteroatoms. The van der Waals surface area contributed by atoms with Crippen LogP contribution < -0.4 is 43.3 Å². The second kappa shape index (κ2) is 25.1. The molecule has 0 saturated carbocycles. The molecule has 4 atom stereocenters. The van der Waals surface area contributed by atoms with Gasteiger partial charge in [0.25, 0.3) is 0 Å². The van der Waals surface area contributed by atoms with E-state index in [0.717, 1.165) is 56.7 Å². The molecule has 352 valence electrons. The van der Waals surface area contributed by atoms with Crippen LogP contribution in [0.25, 0.3) is 21.8 Å². The van der Waals surface area contributed by atoms with Crippen molar-refractivity contribution in [2.45, 2.75) is 37.0 Å². The summed E-state index contributed by atoms with van der Waals surface area (Å²) >= 11 is 31.8. The second-order valence-corrected chi connectivity index (χ2v) is 32.4. The summed E-state index contributed by atoms with van der Waals surface area (Å²) in [6, 6.07) is 27.4. The van der Waals surface area contributed by atoms with E-state index in [1.54, 1.807) is 12.0 Å². The van der Waals surface area contributed by atoms with Gasteiger partial charge in [-0.1, -0.05) is 48.5 Å². The molecule has 0 spiro atoms. The number of hydrogen-bond acceptors (Lipinski definition) is 12. The number of benzene rings is 4. The Bertz CT molecular complexity index is 2690. The maximum atomic E-state index is 13.0. The van der Waals surface area contributed by atoms with Gasteiger partial charge < -0.3 is 49.0 Å². The van der Waals surface area contributed by atoms with E-state index >= 15 is 0 Å². The average Bonchev–Trinajstić information content (AvgIpc) is 4.18. The van der Waals surface area contributed by atoms with Crippen LogP contribution in [-0.4, -0.2) is 94.8 Å². The first-order valence-electron chi connectivity index (χ1n) is 20.0. The minimum atomic E-state index is -0.508. The molecule has 0 radical (unpaired) electrons. The van der Waals surface area contributed by atoms with E-state index in [0.29, 0.717) is 41.3 Å². The van der Waals surface area contributed by atoms with E-state index in [-0.39, 0.29) is 43.3 Å². The van der Waals surface area contributed by atoms with Crippen molar-refractivity contribution in [3.8, 4) is 23.0 Å². The molecule has 2 aromatic heterocycles. The van der Waals surface area contributed by atoms with Crippen LogP contribution in [0.15, 0.2) is 84.9 Å². The summed E-state index contributed by atoms with van der Waals surface area (Å²) in [5.41, 5.74) is 13.1. The molecule has 4 aromatic carbocycles. The van der Waals surface area contributed by atoms with Crippen LogP contribution in [0.2, 0.25) is 0 Å². The number of fused-ring (bicyclic) bond motifs is 8. The summed E-state index contributed by atoms with van der Waals surface area (Å²) in [6.45, 7) is 0.451. The predicted octanol–water partition coefficient (Wildman–Crippen LogP) is 6.77. The van der Waals surface area contributed by atoms with Gasteiger partial charge in [0, 0.05) is 39.6 Å². The number of aromatic nitrogens is 2. The molecule has 0 aliphatic carbocycles. The standard InChI is InChI=1S/C22H19ClN2O4S.C20H18N2O3S.C2H2Cl2O.CH5N.I3/c1-27-22(30)16-9-14-13-4-2-3-5-15(13)24-20(14)21(25(16)19(26)10-23)12-6-7-17-18(8-12)29-11-28-17;1-23-20(26)15-9-13-12-4-2-3-5-14(12)21-19(13)18(22-15)11-6-7-16-17(8-11)25-10-24-16;3-1-2(4)5;1-2;1-3-2/h2-8,16,21,24H,9-11H2,1H3;2-8,15,18,21-22H,9-10H2,1H3;1H2;2H2,1H3;/q;;;;-1/t16-,21-;15-,18-;;;/m11.../s1. The maximum Gasteiger partial charge on any atom is 0.236 e. The summed E-state index contributed by atoms with van der Waals surface area (Å²) in [5, 5.41) is 6.41. The van der Waals surface area contributed by atoms with E-state index in [4.69, 9.17) is 87.7 Å². The zero-order valence-corrected chi connectivity index (χ0v) is 45.9. The molecule has 0 fully saturated rings. The third-order valence-electron chi connectivity index (χ3n) is 11.0. The van der Waals surface area contributed by atoms with E-state index in [2.05, 4.69) is 88.6 Å². The number of halogens is 6. The van der Waals surface area contributed by atoms with Crippen LogP contribution in [0, 0.1) is 0 Å². The topological polar surface area (TPSA) is 162 Å². The molecular formula is C45H44Cl3I3N5O8S2-. The fraction of sp³-hybridized carbons (Fsp3) is 0.289. The number of carbonyl (C=O) groups is 2. The van der Waals surface area contributed by atoms with Gasteiger partial charge in [-0.05, 0) is 108 Å². The minimum Gasteiger partial charge on any atom is -0.280 e. The van der Waals surface area contributed by atoms with Crippen LogP contribution in [0.3, 0.4) is 0 Å². The number of amides is 1. The number of ether oxygens (including phenoxy) is 6. The second-order valence-electron chi connectivity index (χ2n) is 14.4. The number of H-pyrrole nitrogens is 2. The van der Waals surface area contributed by atoms with Gasteiger partial charge in [0.05, 0.1) is 38.2 Å². The van der Waals surface area contributed by atoms with Crippen LogP contribution in [0.5, 0.6) is 23.0 Å². The molecular weight excluding hydrogens is 1290 g/mol. The van der Waals surface area contributed by atoms with Crippen molar-refractivity contribution in [3.63, 3.8) is 0 Å². The molecule has 6 heterocycles. The summed E-state index contributed by atoms with van der Waals surface area (Å²) in [6.07, 6.45) is 1.35. The number of aromatic amines is 2. The number of rotatable bonds is 6. The van der Waals surface area contributed by atoms with Crippen molar-refractivity contribution >= 4 is 140 Å². The predicted molar refractivity (Wildman–Crippen MR) is 280 cm³/mol. The van der Waals surface area contributed by atoms with Gasteiger partial charge in [0.1, 0.15) is 11.9 Å². The molecule has 10 rings (SSSR count). The first-order chi connectivity index (χ1) is 32.0. The number of para-hydroxylation sites is 2. The Balaban J connectivity index is 0.000000183. The summed E-state index contributed by atoms with van der Waals surface area (Å²) in [4.78, 5) is 31.3. The fourth-order valence-electron chi connectivity index (χ4n) is 8.30. The molecule has 4 aliphatic rings. The molecule has 0 bridgehead atoms. The molecule has 0 unspecified atom stereocenters. The smallest absolute Gasteiger partial charge is 0.236 e. The van der Waals surface area contributed by atoms with Gasteiger partial charge in [0.2, 0.25) is 24.7 Å². The third kappa shape index (κ3) is 11.7. The van der Waals surface area contributed by atoms with Crippen LogP contribution in [-0.2, 0) is 31.9 Å². The van der Waals surface area contributed by atoms with Crippen LogP contribution in [0.1, 0.15) is 45.7 Å². The largest absolute Gasteiger partial charge is 0.280 e. The van der Waals surface area contributed by atoms with E-state index in [9.17, 15) is 9.59 Å². The summed E-state index contributed by atoms with van der Waals surface area (Å²) in [7, 11) is 4.66. The molecule has 0 saturated heterocycles. The first kappa shape index (κ1) is 52.4. The Morgan fingerprint density at radius 2 is 1.23 bits per heavy atom. The normalized spacial score (nSPS) is 18.1. The van der Waals surface area contributed by atoms with Crippen molar-refractivity contribution in [1.82, 2.24) is 20.2 Å². The molecule has 6 aromatic rings. The zero-order chi connectivity index (χ0) is 47.5. The number of methoxy groups -OCH3 is 2. The molecule has 4 aliphatic heterocycles. The van der Waals surface area contributed by atoms with Gasteiger partial charge in [-0.15, -0.1) is 23.2 Å². The van der Waals surface area contributed by atoms with Gasteiger partial charge in [-0.25, -0.2) is 0 Å². The number of alkyl halides is 2. The number of nitrogens with one attached hydrogen (secondary N) is 3. The SMILES string of the molecule is CN.COC(=S)[C@H]1Cc2c([nH]c3ccccc23)[C@@H](c2ccc3c(c2)OCO3)N1.COC(=S)[C@H]1Cc2c([nH]c3ccccc23)[C@@H](c2ccc3c(c2)OCO3)N1C(=O)CCl.I[I-]I.O=C(Cl)CCl. The Kier molecular flexibility index (Phi) is 19.9. The zero-order valence-electron chi connectivity index (χ0n) is 35.5. The number of hydrogen-bond donors (Lipinski definition) is 4. The van der Waals surface area contributed by atoms with Gasteiger partial charge in [0.15, 0.2) is 33.1 Å². The Labute approximate surface area is 437 Å². The van der Waals surface area contributed by atoms with E-state index in [1.165, 1.54) is 30.8 Å². The van der Waals surface area contributed by atoms with Crippen LogP contribution >= 0.6 is 96.5 Å². The van der Waals surface area contributed by atoms with Crippen molar-refractivity contribution in [2.75, 3.05) is 46.6 Å². The van der Waals surface area contributed by atoms with E-state index in [1.807, 2.05) is 54.6 Å². The molecule has 5 N–H and O–H groups in total. The number of thiocarbonyl (C=S) groups is 2. The Hall–Kier alpha value is -2.94. The quantitative estimate of drug-likeness (QED) is 0.0601.